The van der Waals surface area contributed by atoms with E-state index in [4.69, 9.17) is 11.6 Å². The summed E-state index contributed by atoms with van der Waals surface area (Å²) in [5, 5.41) is 2.32. The lowest BCUT2D eigenvalue weighted by molar-refractivity contribution is -0.137. The second kappa shape index (κ2) is 4.88. The standard InChI is InChI=1S/C15H11ClF3NO2S/c1-7-3-8(2)14-12(4-7)20-11-6-10(16)9(15(17,18)19)5-13(11)23(14,21)22/h3-6,20H,1-2H3. The van der Waals surface area contributed by atoms with Gasteiger partial charge in [0.15, 0.2) is 0 Å². The van der Waals surface area contributed by atoms with Crippen LogP contribution in [0.5, 0.6) is 0 Å². The predicted molar refractivity (Wildman–Crippen MR) is 81.1 cm³/mol. The Morgan fingerprint density at radius 1 is 1.04 bits per heavy atom. The fourth-order valence-corrected chi connectivity index (χ4v) is 4.80. The number of aryl methyl sites for hydroxylation is 2. The van der Waals surface area contributed by atoms with Crippen molar-refractivity contribution in [1.82, 2.24) is 0 Å². The summed E-state index contributed by atoms with van der Waals surface area (Å²) in [4.78, 5) is -0.431. The quantitative estimate of drug-likeness (QED) is 0.621. The first-order valence-corrected chi connectivity index (χ1v) is 8.42. The first-order valence-electron chi connectivity index (χ1n) is 6.56. The molecule has 0 saturated heterocycles. The van der Waals surface area contributed by atoms with Crippen LogP contribution in [0.15, 0.2) is 34.1 Å². The Hall–Kier alpha value is -1.73. The van der Waals surface area contributed by atoms with Gasteiger partial charge in [0.1, 0.15) is 0 Å². The molecule has 2 aromatic carbocycles. The number of nitrogens with one attached hydrogen (secondary N) is 1. The second-order valence-electron chi connectivity index (χ2n) is 5.41. The van der Waals surface area contributed by atoms with Crippen molar-refractivity contribution in [3.63, 3.8) is 0 Å². The topological polar surface area (TPSA) is 46.2 Å². The zero-order chi connectivity index (χ0) is 17.2. The summed E-state index contributed by atoms with van der Waals surface area (Å²) >= 11 is 5.67. The summed E-state index contributed by atoms with van der Waals surface area (Å²) in [6.45, 7) is 3.41. The number of anilines is 2. The number of benzene rings is 2. The Kier molecular flexibility index (Phi) is 3.42. The maximum Gasteiger partial charge on any atom is 0.417 e. The molecule has 8 heteroatoms. The molecule has 23 heavy (non-hydrogen) atoms. The molecule has 0 aromatic heterocycles. The van der Waals surface area contributed by atoms with E-state index in [2.05, 4.69) is 5.32 Å². The molecule has 1 heterocycles. The maximum absolute atomic E-state index is 13.0. The van der Waals surface area contributed by atoms with Crippen LogP contribution >= 0.6 is 11.6 Å². The van der Waals surface area contributed by atoms with Crippen LogP contribution in [0.3, 0.4) is 0 Å². The lowest BCUT2D eigenvalue weighted by Crippen LogP contribution is -2.17. The van der Waals surface area contributed by atoms with Crippen LogP contribution in [-0.4, -0.2) is 8.42 Å². The zero-order valence-corrected chi connectivity index (χ0v) is 13.6. The van der Waals surface area contributed by atoms with Crippen molar-refractivity contribution in [2.24, 2.45) is 0 Å². The number of sulfone groups is 1. The highest BCUT2D eigenvalue weighted by Crippen LogP contribution is 2.46. The van der Waals surface area contributed by atoms with Crippen molar-refractivity contribution in [3.05, 3.63) is 46.0 Å². The minimum atomic E-state index is -4.73. The van der Waals surface area contributed by atoms with E-state index in [1.807, 2.05) is 0 Å². The van der Waals surface area contributed by atoms with Crippen LogP contribution in [0.4, 0.5) is 24.5 Å². The van der Waals surface area contributed by atoms with E-state index >= 15 is 0 Å². The smallest absolute Gasteiger partial charge is 0.353 e. The molecule has 0 spiro atoms. The molecule has 0 radical (unpaired) electrons. The highest BCUT2D eigenvalue weighted by molar-refractivity contribution is 7.92. The Bertz CT molecular complexity index is 937. The number of halogens is 4. The summed E-state index contributed by atoms with van der Waals surface area (Å²) in [6.07, 6.45) is -4.73. The van der Waals surface area contributed by atoms with Gasteiger partial charge in [-0.25, -0.2) is 8.42 Å². The summed E-state index contributed by atoms with van der Waals surface area (Å²) in [7, 11) is -4.07. The van der Waals surface area contributed by atoms with Gasteiger partial charge in [-0.2, -0.15) is 13.2 Å². The molecule has 0 saturated carbocycles. The maximum atomic E-state index is 13.0. The van der Waals surface area contributed by atoms with Gasteiger partial charge in [0.25, 0.3) is 0 Å². The second-order valence-corrected chi connectivity index (χ2v) is 7.68. The van der Waals surface area contributed by atoms with Crippen molar-refractivity contribution in [2.45, 2.75) is 29.8 Å². The molecule has 1 N–H and O–H groups in total. The lowest BCUT2D eigenvalue weighted by Gasteiger charge is -2.25. The first kappa shape index (κ1) is 16.1. The van der Waals surface area contributed by atoms with E-state index in [1.54, 1.807) is 26.0 Å². The van der Waals surface area contributed by atoms with Gasteiger partial charge in [0, 0.05) is 0 Å². The lowest BCUT2D eigenvalue weighted by atomic mass is 10.1. The Labute approximate surface area is 136 Å². The van der Waals surface area contributed by atoms with E-state index in [9.17, 15) is 21.6 Å². The number of hydrogen-bond acceptors (Lipinski definition) is 3. The van der Waals surface area contributed by atoms with Crippen molar-refractivity contribution in [3.8, 4) is 0 Å². The Morgan fingerprint density at radius 2 is 1.70 bits per heavy atom. The molecule has 122 valence electrons. The van der Waals surface area contributed by atoms with Crippen molar-refractivity contribution in [2.75, 3.05) is 5.32 Å². The monoisotopic (exact) mass is 361 g/mol. The predicted octanol–water partition coefficient (Wildman–Crippen LogP) is 4.87. The van der Waals surface area contributed by atoms with Gasteiger partial charge in [-0.05, 0) is 43.2 Å². The third kappa shape index (κ3) is 2.48. The van der Waals surface area contributed by atoms with Crippen molar-refractivity contribution in [1.29, 1.82) is 0 Å². The third-order valence-corrected chi connectivity index (χ3v) is 5.93. The van der Waals surface area contributed by atoms with Gasteiger partial charge < -0.3 is 5.32 Å². The third-order valence-electron chi connectivity index (χ3n) is 3.62. The molecular weight excluding hydrogens is 351 g/mol. The Balaban J connectivity index is 2.34. The molecule has 1 aliphatic heterocycles. The van der Waals surface area contributed by atoms with E-state index in [0.29, 0.717) is 17.3 Å². The molecule has 0 bridgehead atoms. The van der Waals surface area contributed by atoms with Crippen LogP contribution in [0, 0.1) is 13.8 Å². The largest absolute Gasteiger partial charge is 0.417 e. The highest BCUT2D eigenvalue weighted by atomic mass is 35.5. The van der Waals surface area contributed by atoms with Gasteiger partial charge in [-0.15, -0.1) is 0 Å². The van der Waals surface area contributed by atoms with E-state index in [1.165, 1.54) is 0 Å². The Morgan fingerprint density at radius 3 is 2.30 bits per heavy atom. The van der Waals surface area contributed by atoms with Crippen LogP contribution in [-0.2, 0) is 16.0 Å². The molecular formula is C15H11ClF3NO2S. The number of fused-ring (bicyclic) bond motifs is 2. The number of alkyl halides is 3. The van der Waals surface area contributed by atoms with Crippen LogP contribution in [0.2, 0.25) is 5.02 Å². The van der Waals surface area contributed by atoms with Crippen LogP contribution in [0.25, 0.3) is 0 Å². The van der Waals surface area contributed by atoms with Gasteiger partial charge in [0.05, 0.1) is 31.8 Å². The van der Waals surface area contributed by atoms with Gasteiger partial charge in [-0.1, -0.05) is 17.7 Å². The average Bonchev–Trinajstić information content (AvgIpc) is 2.34. The van der Waals surface area contributed by atoms with E-state index < -0.39 is 31.5 Å². The van der Waals surface area contributed by atoms with Crippen LogP contribution in [0.1, 0.15) is 16.7 Å². The fourth-order valence-electron chi connectivity index (χ4n) is 2.75. The fraction of sp³-hybridized carbons (Fsp3) is 0.200. The molecule has 3 rings (SSSR count). The molecule has 2 aromatic rings. The van der Waals surface area contributed by atoms with Crippen LogP contribution < -0.4 is 5.32 Å². The van der Waals surface area contributed by atoms with E-state index in [0.717, 1.165) is 11.6 Å². The highest BCUT2D eigenvalue weighted by Gasteiger charge is 2.38. The number of rotatable bonds is 0. The molecule has 3 nitrogen and oxygen atoms in total. The molecule has 0 fully saturated rings. The minimum Gasteiger partial charge on any atom is -0.353 e. The molecule has 1 aliphatic rings. The van der Waals surface area contributed by atoms with Crippen molar-refractivity contribution >= 4 is 32.8 Å². The normalized spacial score (nSPS) is 15.6. The SMILES string of the molecule is Cc1cc(C)c2c(c1)Nc1cc(Cl)c(C(F)(F)F)cc1S2(=O)=O. The minimum absolute atomic E-state index is 0.00829. The van der Waals surface area contributed by atoms with Crippen molar-refractivity contribution < 1.29 is 21.6 Å². The summed E-state index contributed by atoms with van der Waals surface area (Å²) in [5.74, 6) is 0. The average molecular weight is 362 g/mol. The first-order chi connectivity index (χ1) is 10.5. The summed E-state index contributed by atoms with van der Waals surface area (Å²) in [6, 6.07) is 4.89. The van der Waals surface area contributed by atoms with Gasteiger partial charge in [0.2, 0.25) is 9.84 Å². The van der Waals surface area contributed by atoms with Gasteiger partial charge >= 0.3 is 6.18 Å². The molecule has 0 aliphatic carbocycles. The summed E-state index contributed by atoms with van der Waals surface area (Å²) in [5.41, 5.74) is 0.523. The molecule has 0 atom stereocenters. The number of hydrogen-bond donors (Lipinski definition) is 1. The summed E-state index contributed by atoms with van der Waals surface area (Å²) < 4.78 is 64.5. The van der Waals surface area contributed by atoms with Gasteiger partial charge in [-0.3, -0.25) is 0 Å². The van der Waals surface area contributed by atoms with E-state index in [-0.39, 0.29) is 10.6 Å². The molecule has 0 amide bonds. The zero-order valence-electron chi connectivity index (χ0n) is 12.0. The molecule has 0 unspecified atom stereocenters.